The summed E-state index contributed by atoms with van der Waals surface area (Å²) in [6.07, 6.45) is 7.03. The fourth-order valence-corrected chi connectivity index (χ4v) is 4.10. The molecular formula is C23H22N8O. The Bertz CT molecular complexity index is 1440. The molecule has 4 aromatic rings. The summed E-state index contributed by atoms with van der Waals surface area (Å²) in [5.74, 6) is 0.449. The van der Waals surface area contributed by atoms with Crippen molar-refractivity contribution >= 4 is 28.2 Å². The molecule has 1 fully saturated rings. The number of aryl methyl sites for hydroxylation is 1. The first-order valence-electron chi connectivity index (χ1n) is 10.4. The normalized spacial score (nSPS) is 14.3. The third-order valence-electron chi connectivity index (χ3n) is 5.74. The Morgan fingerprint density at radius 1 is 1.31 bits per heavy atom. The lowest BCUT2D eigenvalue weighted by Crippen LogP contribution is -2.26. The van der Waals surface area contributed by atoms with Gasteiger partial charge in [0.1, 0.15) is 5.82 Å². The molecule has 1 aromatic carbocycles. The lowest BCUT2D eigenvalue weighted by Gasteiger charge is -2.22. The smallest absolute Gasteiger partial charge is 0.259 e. The highest BCUT2D eigenvalue weighted by atomic mass is 16.1. The minimum atomic E-state index is -0.274. The third kappa shape index (κ3) is 3.36. The zero-order valence-corrected chi connectivity index (χ0v) is 17.8. The SMILES string of the molecule is [C-]#[N+]c1cnc(N)nc1N[C@@H](C)c1cc2cccc(-c3cnn(C)c3)c2c(=O)n1C1CC1. The molecule has 9 nitrogen and oxygen atoms in total. The Labute approximate surface area is 184 Å². The van der Waals surface area contributed by atoms with E-state index in [4.69, 9.17) is 12.3 Å². The van der Waals surface area contributed by atoms with Gasteiger partial charge in [-0.15, -0.1) is 0 Å². The van der Waals surface area contributed by atoms with Gasteiger partial charge in [0.15, 0.2) is 0 Å². The number of rotatable bonds is 5. The Morgan fingerprint density at radius 3 is 2.81 bits per heavy atom. The number of nitrogen functional groups attached to an aromatic ring is 1. The van der Waals surface area contributed by atoms with Crippen molar-refractivity contribution in [2.24, 2.45) is 7.05 Å². The standard InChI is InChI=1S/C23H22N8O/c1-13(28-21-18(25-2)11-26-23(24)29-21)19-9-14-5-4-6-17(15-10-27-30(3)12-15)20(14)22(32)31(19)16-7-8-16/h4-6,9-13,16H,7-8H2,1,3H3,(H3,24,26,28,29)/t13-/m0/s1. The summed E-state index contributed by atoms with van der Waals surface area (Å²) in [6.45, 7) is 9.33. The number of nitrogens with two attached hydrogens (primary N) is 1. The van der Waals surface area contributed by atoms with Crippen LogP contribution in [0.4, 0.5) is 17.5 Å². The van der Waals surface area contributed by atoms with Gasteiger partial charge in [0, 0.05) is 36.7 Å². The van der Waals surface area contributed by atoms with Gasteiger partial charge in [0.25, 0.3) is 5.56 Å². The minimum Gasteiger partial charge on any atom is -0.371 e. The highest BCUT2D eigenvalue weighted by molar-refractivity contribution is 5.96. The zero-order chi connectivity index (χ0) is 22.4. The van der Waals surface area contributed by atoms with E-state index in [1.807, 2.05) is 42.9 Å². The van der Waals surface area contributed by atoms with Crippen molar-refractivity contribution in [3.8, 4) is 11.1 Å². The average molecular weight is 426 g/mol. The Kier molecular flexibility index (Phi) is 4.63. The summed E-state index contributed by atoms with van der Waals surface area (Å²) in [5.41, 5.74) is 8.64. The molecule has 0 amide bonds. The summed E-state index contributed by atoms with van der Waals surface area (Å²) in [7, 11) is 1.86. The number of pyridine rings is 1. The molecular weight excluding hydrogens is 404 g/mol. The molecule has 0 unspecified atom stereocenters. The molecule has 9 heteroatoms. The number of nitrogens with zero attached hydrogens (tertiary/aromatic N) is 6. The molecule has 1 aliphatic carbocycles. The fraction of sp³-hybridized carbons (Fsp3) is 0.261. The summed E-state index contributed by atoms with van der Waals surface area (Å²) < 4.78 is 3.62. The van der Waals surface area contributed by atoms with E-state index in [9.17, 15) is 4.79 Å². The minimum absolute atomic E-state index is 0.0132. The molecule has 1 atom stereocenters. The first-order valence-corrected chi connectivity index (χ1v) is 10.4. The van der Waals surface area contributed by atoms with Crippen LogP contribution in [0.25, 0.3) is 26.7 Å². The molecule has 0 bridgehead atoms. The summed E-state index contributed by atoms with van der Waals surface area (Å²) in [5, 5.41) is 9.09. The fourth-order valence-electron chi connectivity index (χ4n) is 4.10. The average Bonchev–Trinajstić information content (AvgIpc) is 3.52. The van der Waals surface area contributed by atoms with E-state index < -0.39 is 0 Å². The molecule has 0 aliphatic heterocycles. The predicted octanol–water partition coefficient (Wildman–Crippen LogP) is 3.83. The lowest BCUT2D eigenvalue weighted by molar-refractivity contribution is 0.636. The van der Waals surface area contributed by atoms with Gasteiger partial charge in [-0.05, 0) is 36.8 Å². The lowest BCUT2D eigenvalue weighted by atomic mass is 10.00. The number of aromatic nitrogens is 5. The molecule has 160 valence electrons. The van der Waals surface area contributed by atoms with Crippen LogP contribution in [0.3, 0.4) is 0 Å². The van der Waals surface area contributed by atoms with Gasteiger partial charge in [0.2, 0.25) is 11.6 Å². The van der Waals surface area contributed by atoms with Crippen molar-refractivity contribution in [3.05, 3.63) is 70.3 Å². The van der Waals surface area contributed by atoms with E-state index in [1.165, 1.54) is 6.20 Å². The van der Waals surface area contributed by atoms with Gasteiger partial charge in [-0.2, -0.15) is 5.10 Å². The van der Waals surface area contributed by atoms with E-state index in [0.29, 0.717) is 11.2 Å². The van der Waals surface area contributed by atoms with Gasteiger partial charge in [-0.25, -0.2) is 14.8 Å². The number of nitrogens with one attached hydrogen (secondary N) is 1. The van der Waals surface area contributed by atoms with Gasteiger partial charge in [-0.3, -0.25) is 9.48 Å². The highest BCUT2D eigenvalue weighted by Gasteiger charge is 2.30. The summed E-state index contributed by atoms with van der Waals surface area (Å²) >= 11 is 0. The van der Waals surface area contributed by atoms with E-state index in [-0.39, 0.29) is 29.3 Å². The third-order valence-corrected chi connectivity index (χ3v) is 5.74. The topological polar surface area (TPSA) is 108 Å². The van der Waals surface area contributed by atoms with Crippen molar-refractivity contribution in [1.29, 1.82) is 0 Å². The molecule has 3 aromatic heterocycles. The van der Waals surface area contributed by atoms with Crippen molar-refractivity contribution in [3.63, 3.8) is 0 Å². The van der Waals surface area contributed by atoms with Gasteiger partial charge < -0.3 is 15.6 Å². The molecule has 3 N–H and O–H groups in total. The molecule has 32 heavy (non-hydrogen) atoms. The second kappa shape index (κ2) is 7.50. The number of hydrogen-bond acceptors (Lipinski definition) is 6. The van der Waals surface area contributed by atoms with Crippen LogP contribution in [0.2, 0.25) is 0 Å². The Balaban J connectivity index is 1.66. The van der Waals surface area contributed by atoms with Crippen LogP contribution >= 0.6 is 0 Å². The van der Waals surface area contributed by atoms with Crippen LogP contribution in [-0.2, 0) is 7.05 Å². The Morgan fingerprint density at radius 2 is 2.12 bits per heavy atom. The van der Waals surface area contributed by atoms with Crippen LogP contribution in [0.1, 0.15) is 37.5 Å². The Hall–Kier alpha value is -4.19. The molecule has 0 radical (unpaired) electrons. The van der Waals surface area contributed by atoms with E-state index >= 15 is 0 Å². The number of benzene rings is 1. The van der Waals surface area contributed by atoms with Gasteiger partial charge in [0.05, 0.1) is 24.2 Å². The monoisotopic (exact) mass is 426 g/mol. The summed E-state index contributed by atoms with van der Waals surface area (Å²) in [6, 6.07) is 7.82. The van der Waals surface area contributed by atoms with E-state index in [1.54, 1.807) is 10.9 Å². The molecule has 1 aliphatic rings. The molecule has 0 saturated heterocycles. The highest BCUT2D eigenvalue weighted by Crippen LogP contribution is 2.38. The maximum Gasteiger partial charge on any atom is 0.259 e. The van der Waals surface area contributed by atoms with E-state index in [2.05, 4.69) is 31.3 Å². The zero-order valence-electron chi connectivity index (χ0n) is 17.8. The number of hydrogen-bond donors (Lipinski definition) is 2. The van der Waals surface area contributed by atoms with Crippen LogP contribution in [0.15, 0.2) is 47.7 Å². The van der Waals surface area contributed by atoms with Crippen molar-refractivity contribution < 1.29 is 0 Å². The second-order valence-corrected chi connectivity index (χ2v) is 8.09. The van der Waals surface area contributed by atoms with E-state index in [0.717, 1.165) is 35.0 Å². The first-order chi connectivity index (χ1) is 15.5. The van der Waals surface area contributed by atoms with Crippen LogP contribution in [0.5, 0.6) is 0 Å². The molecule has 3 heterocycles. The predicted molar refractivity (Wildman–Crippen MR) is 123 cm³/mol. The maximum atomic E-state index is 13.8. The van der Waals surface area contributed by atoms with Crippen LogP contribution in [0, 0.1) is 6.57 Å². The summed E-state index contributed by atoms with van der Waals surface area (Å²) in [4.78, 5) is 25.3. The number of anilines is 2. The number of fused-ring (bicyclic) bond motifs is 1. The molecule has 5 rings (SSSR count). The van der Waals surface area contributed by atoms with Crippen LogP contribution in [-0.4, -0.2) is 24.3 Å². The second-order valence-electron chi connectivity index (χ2n) is 8.09. The van der Waals surface area contributed by atoms with Crippen molar-refractivity contribution in [1.82, 2.24) is 24.3 Å². The van der Waals surface area contributed by atoms with Crippen molar-refractivity contribution in [2.75, 3.05) is 11.1 Å². The molecule has 1 saturated carbocycles. The quantitative estimate of drug-likeness (QED) is 0.470. The maximum absolute atomic E-state index is 13.8. The van der Waals surface area contributed by atoms with Crippen molar-refractivity contribution in [2.45, 2.75) is 31.8 Å². The first kappa shape index (κ1) is 19.8. The van der Waals surface area contributed by atoms with Crippen LogP contribution < -0.4 is 16.6 Å². The van der Waals surface area contributed by atoms with Gasteiger partial charge in [-0.1, -0.05) is 18.2 Å². The van der Waals surface area contributed by atoms with Gasteiger partial charge >= 0.3 is 0 Å². The molecule has 0 spiro atoms. The largest absolute Gasteiger partial charge is 0.371 e.